The van der Waals surface area contributed by atoms with Gasteiger partial charge in [-0.3, -0.25) is 4.79 Å². The molecule has 0 aromatic heterocycles. The first-order valence-corrected chi connectivity index (χ1v) is 8.13. The molecule has 3 rings (SSSR count). The smallest absolute Gasteiger partial charge is 0.387 e. The van der Waals surface area contributed by atoms with Gasteiger partial charge in [-0.05, 0) is 31.4 Å². The number of ether oxygens (including phenoxy) is 1. The fourth-order valence-electron chi connectivity index (χ4n) is 3.90. The second-order valence-corrected chi connectivity index (χ2v) is 6.40. The lowest BCUT2D eigenvalue weighted by atomic mass is 9.67. The number of rotatable bonds is 5. The summed E-state index contributed by atoms with van der Waals surface area (Å²) >= 11 is 0. The summed E-state index contributed by atoms with van der Waals surface area (Å²) in [5, 5.41) is 6.28. The maximum atomic E-state index is 12.8. The van der Waals surface area contributed by atoms with E-state index in [-0.39, 0.29) is 23.6 Å². The first kappa shape index (κ1) is 16.2. The summed E-state index contributed by atoms with van der Waals surface area (Å²) in [6.45, 7) is -1.07. The summed E-state index contributed by atoms with van der Waals surface area (Å²) in [5.41, 5.74) is 0.229. The molecule has 4 nitrogen and oxygen atoms in total. The molecule has 1 aliphatic heterocycles. The fraction of sp³-hybridized carbons (Fsp3) is 0.588. The molecule has 1 aliphatic carbocycles. The van der Waals surface area contributed by atoms with Crippen molar-refractivity contribution in [2.24, 2.45) is 11.3 Å². The number of para-hydroxylation sites is 1. The fourth-order valence-corrected chi connectivity index (χ4v) is 3.90. The number of nitrogens with one attached hydrogen (secondary N) is 2. The molecule has 2 aliphatic rings. The van der Waals surface area contributed by atoms with E-state index >= 15 is 0 Å². The molecule has 1 saturated heterocycles. The minimum absolute atomic E-state index is 0.0269. The second kappa shape index (κ2) is 6.83. The van der Waals surface area contributed by atoms with E-state index in [1.807, 2.05) is 0 Å². The Morgan fingerprint density at radius 2 is 2.22 bits per heavy atom. The molecule has 0 radical (unpaired) electrons. The van der Waals surface area contributed by atoms with Gasteiger partial charge in [-0.1, -0.05) is 31.0 Å². The topological polar surface area (TPSA) is 50.4 Å². The lowest BCUT2D eigenvalue weighted by Gasteiger charge is -2.37. The van der Waals surface area contributed by atoms with Crippen molar-refractivity contribution < 1.29 is 18.3 Å². The summed E-state index contributed by atoms with van der Waals surface area (Å²) < 4.78 is 29.4. The average Bonchev–Trinajstić information content (AvgIpc) is 2.98. The van der Waals surface area contributed by atoms with Crippen LogP contribution in [-0.4, -0.2) is 25.6 Å². The van der Waals surface area contributed by atoms with Gasteiger partial charge in [0.1, 0.15) is 5.75 Å². The van der Waals surface area contributed by atoms with Crippen molar-refractivity contribution in [2.45, 2.75) is 38.8 Å². The largest absolute Gasteiger partial charge is 0.434 e. The number of halogens is 2. The number of amides is 1. The van der Waals surface area contributed by atoms with Gasteiger partial charge in [-0.2, -0.15) is 8.78 Å². The molecule has 1 saturated carbocycles. The Kier molecular flexibility index (Phi) is 4.80. The number of carbonyl (C=O) groups excluding carboxylic acids is 1. The van der Waals surface area contributed by atoms with Crippen molar-refractivity contribution in [2.75, 3.05) is 13.1 Å². The third-order valence-corrected chi connectivity index (χ3v) is 5.12. The molecule has 1 heterocycles. The minimum Gasteiger partial charge on any atom is -0.434 e. The molecule has 1 aromatic carbocycles. The van der Waals surface area contributed by atoms with E-state index in [2.05, 4.69) is 15.4 Å². The molecule has 1 aromatic rings. The van der Waals surface area contributed by atoms with E-state index in [9.17, 15) is 13.6 Å². The first-order chi connectivity index (χ1) is 11.1. The molecule has 0 unspecified atom stereocenters. The van der Waals surface area contributed by atoms with Crippen LogP contribution in [0.2, 0.25) is 0 Å². The molecule has 126 valence electrons. The number of benzene rings is 1. The van der Waals surface area contributed by atoms with E-state index in [1.165, 1.54) is 12.5 Å². The summed E-state index contributed by atoms with van der Waals surface area (Å²) in [4.78, 5) is 12.8. The quantitative estimate of drug-likeness (QED) is 0.875. The Hall–Kier alpha value is -1.69. The van der Waals surface area contributed by atoms with Crippen LogP contribution in [0.4, 0.5) is 8.78 Å². The van der Waals surface area contributed by atoms with Gasteiger partial charge >= 0.3 is 6.61 Å². The van der Waals surface area contributed by atoms with E-state index in [1.54, 1.807) is 18.2 Å². The van der Waals surface area contributed by atoms with Crippen LogP contribution < -0.4 is 15.4 Å². The zero-order valence-electron chi connectivity index (χ0n) is 13.0. The van der Waals surface area contributed by atoms with Crippen LogP contribution in [0.25, 0.3) is 0 Å². The van der Waals surface area contributed by atoms with Crippen LogP contribution in [0.5, 0.6) is 5.75 Å². The van der Waals surface area contributed by atoms with Gasteiger partial charge < -0.3 is 15.4 Å². The maximum absolute atomic E-state index is 12.8. The van der Waals surface area contributed by atoms with Crippen molar-refractivity contribution in [3.63, 3.8) is 0 Å². The normalized spacial score (nSPS) is 26.8. The van der Waals surface area contributed by atoms with Gasteiger partial charge in [0.15, 0.2) is 0 Å². The summed E-state index contributed by atoms with van der Waals surface area (Å²) in [7, 11) is 0. The minimum atomic E-state index is -2.87. The van der Waals surface area contributed by atoms with E-state index < -0.39 is 6.61 Å². The molecule has 1 amide bonds. The highest BCUT2D eigenvalue weighted by atomic mass is 19.3. The third kappa shape index (κ3) is 3.32. The third-order valence-electron chi connectivity index (χ3n) is 5.12. The van der Waals surface area contributed by atoms with Crippen molar-refractivity contribution in [1.29, 1.82) is 0 Å². The number of hydrogen-bond acceptors (Lipinski definition) is 3. The van der Waals surface area contributed by atoms with Crippen molar-refractivity contribution in [3.8, 4) is 5.75 Å². The van der Waals surface area contributed by atoms with Crippen LogP contribution in [0, 0.1) is 11.3 Å². The highest BCUT2D eigenvalue weighted by Gasteiger charge is 2.49. The Balaban J connectivity index is 1.67. The lowest BCUT2D eigenvalue weighted by Crippen LogP contribution is -2.47. The SMILES string of the molecule is O=C(NCc1ccccc1OC(F)F)[C@@]12CCCC[C@H]1CNC2. The molecule has 0 spiro atoms. The number of fused-ring (bicyclic) bond motifs is 1. The van der Waals surface area contributed by atoms with Gasteiger partial charge in [0.05, 0.1) is 5.41 Å². The Bertz CT molecular complexity index is 567. The van der Waals surface area contributed by atoms with Crippen LogP contribution in [0.15, 0.2) is 24.3 Å². The number of carbonyl (C=O) groups is 1. The van der Waals surface area contributed by atoms with Crippen molar-refractivity contribution >= 4 is 5.91 Å². The molecular formula is C17H22F2N2O2. The van der Waals surface area contributed by atoms with Gasteiger partial charge in [0.25, 0.3) is 0 Å². The van der Waals surface area contributed by atoms with Crippen LogP contribution in [0.1, 0.15) is 31.2 Å². The lowest BCUT2D eigenvalue weighted by molar-refractivity contribution is -0.134. The maximum Gasteiger partial charge on any atom is 0.387 e. The molecule has 2 atom stereocenters. The van der Waals surface area contributed by atoms with Crippen LogP contribution in [0.3, 0.4) is 0 Å². The van der Waals surface area contributed by atoms with Gasteiger partial charge in [0, 0.05) is 18.7 Å². The Morgan fingerprint density at radius 1 is 1.39 bits per heavy atom. The van der Waals surface area contributed by atoms with Crippen LogP contribution in [-0.2, 0) is 11.3 Å². The number of hydrogen-bond donors (Lipinski definition) is 2. The van der Waals surface area contributed by atoms with E-state index in [0.29, 0.717) is 18.0 Å². The van der Waals surface area contributed by atoms with Crippen molar-refractivity contribution in [1.82, 2.24) is 10.6 Å². The molecule has 0 bridgehead atoms. The Morgan fingerprint density at radius 3 is 3.04 bits per heavy atom. The predicted octanol–water partition coefficient (Wildman–Crippen LogP) is 2.68. The molecule has 2 fully saturated rings. The van der Waals surface area contributed by atoms with E-state index in [4.69, 9.17) is 0 Å². The molecule has 2 N–H and O–H groups in total. The zero-order chi connectivity index (χ0) is 16.3. The number of alkyl halides is 2. The molecule has 23 heavy (non-hydrogen) atoms. The van der Waals surface area contributed by atoms with Gasteiger partial charge in [-0.15, -0.1) is 0 Å². The predicted molar refractivity (Wildman–Crippen MR) is 82.2 cm³/mol. The van der Waals surface area contributed by atoms with Crippen LogP contribution >= 0.6 is 0 Å². The first-order valence-electron chi connectivity index (χ1n) is 8.13. The summed E-state index contributed by atoms with van der Waals surface area (Å²) in [6, 6.07) is 6.58. The van der Waals surface area contributed by atoms with Crippen molar-refractivity contribution in [3.05, 3.63) is 29.8 Å². The molecular weight excluding hydrogens is 302 g/mol. The zero-order valence-corrected chi connectivity index (χ0v) is 13.0. The van der Waals surface area contributed by atoms with Gasteiger partial charge in [0.2, 0.25) is 5.91 Å². The van der Waals surface area contributed by atoms with E-state index in [0.717, 1.165) is 25.8 Å². The standard InChI is InChI=1S/C17H22F2N2O2/c18-16(19)23-14-7-2-1-5-12(14)9-21-15(22)17-8-4-3-6-13(17)10-20-11-17/h1-2,5,7,13,16,20H,3-4,6,8-11H2,(H,21,22)/t13-,17+/m0/s1. The Labute approximate surface area is 134 Å². The summed E-state index contributed by atoms with van der Waals surface area (Å²) in [6.07, 6.45) is 4.21. The average molecular weight is 324 g/mol. The summed E-state index contributed by atoms with van der Waals surface area (Å²) in [5.74, 6) is 0.521. The van der Waals surface area contributed by atoms with Gasteiger partial charge in [-0.25, -0.2) is 0 Å². The second-order valence-electron chi connectivity index (χ2n) is 6.40. The monoisotopic (exact) mass is 324 g/mol. The highest BCUT2D eigenvalue weighted by molar-refractivity contribution is 5.84. The highest BCUT2D eigenvalue weighted by Crippen LogP contribution is 2.44. The molecule has 6 heteroatoms.